The van der Waals surface area contributed by atoms with Crippen LogP contribution in [0.2, 0.25) is 0 Å². The van der Waals surface area contributed by atoms with Gasteiger partial charge in [-0.05, 0) is 22.4 Å². The predicted molar refractivity (Wildman–Crippen MR) is 56.6 cm³/mol. The Morgan fingerprint density at radius 1 is 1.58 bits per heavy atom. The van der Waals surface area contributed by atoms with Crippen molar-refractivity contribution in [1.82, 2.24) is 0 Å². The Hall–Kier alpha value is -0.250. The molecular weight excluding hydrogens is 223 g/mol. The summed E-state index contributed by atoms with van der Waals surface area (Å²) >= 11 is 2.87. The van der Waals surface area contributed by atoms with Crippen LogP contribution >= 0.6 is 15.9 Å². The lowest BCUT2D eigenvalue weighted by molar-refractivity contribution is 0.460. The van der Waals surface area contributed by atoms with Gasteiger partial charge in [0.25, 0.3) is 0 Å². The molecule has 0 saturated carbocycles. The second-order valence-corrected chi connectivity index (χ2v) is 2.99. The molecule has 0 rings (SSSR count). The highest BCUT2D eigenvalue weighted by molar-refractivity contribution is 9.19. The van der Waals surface area contributed by atoms with E-state index in [4.69, 9.17) is 5.41 Å². The third kappa shape index (κ3) is 22.6. The van der Waals surface area contributed by atoms with Crippen LogP contribution in [0.4, 0.5) is 4.39 Å². The molecule has 0 bridgehead atoms. The van der Waals surface area contributed by atoms with Gasteiger partial charge in [-0.2, -0.15) is 0 Å². The smallest absolute Gasteiger partial charge is 0.115 e. The maximum absolute atomic E-state index is 11.2. The summed E-state index contributed by atoms with van der Waals surface area (Å²) in [6.45, 7) is 1.92. The van der Waals surface area contributed by atoms with Gasteiger partial charge in [-0.15, -0.1) is 0 Å². The van der Waals surface area contributed by atoms with Crippen molar-refractivity contribution in [3.05, 3.63) is 0 Å². The van der Waals surface area contributed by atoms with Gasteiger partial charge in [0.2, 0.25) is 0 Å². The van der Waals surface area contributed by atoms with Gasteiger partial charge in [-0.1, -0.05) is 19.8 Å². The number of nitrogens with zero attached hydrogens (tertiary/aromatic N) is 1. The summed E-state index contributed by atoms with van der Waals surface area (Å²) in [5.74, 6) is 0. The average molecular weight is 239 g/mol. The number of unbranched alkanes of at least 4 members (excludes halogenated alkanes) is 2. The molecule has 0 aliphatic carbocycles. The van der Waals surface area contributed by atoms with Gasteiger partial charge in [-0.25, -0.2) is 0 Å². The topological polar surface area (TPSA) is 36.2 Å². The molecule has 0 aliphatic rings. The molecular formula is C8H16BrFN2. The summed E-state index contributed by atoms with van der Waals surface area (Å²) in [5, 5.41) is 6.66. The van der Waals surface area contributed by atoms with Crippen LogP contribution in [0.1, 0.15) is 26.2 Å². The Bertz CT molecular complexity index is 122. The molecule has 4 heteroatoms. The zero-order valence-electron chi connectivity index (χ0n) is 7.61. The highest BCUT2D eigenvalue weighted by Gasteiger charge is 1.78. The number of aliphatic imine (C=N–C) groups is 1. The fourth-order valence-corrected chi connectivity index (χ4v) is 0.663. The first-order valence-electron chi connectivity index (χ1n) is 3.91. The van der Waals surface area contributed by atoms with Crippen LogP contribution in [-0.2, 0) is 0 Å². The van der Waals surface area contributed by atoms with Crippen molar-refractivity contribution >= 4 is 26.8 Å². The molecule has 0 aromatic heterocycles. The van der Waals surface area contributed by atoms with Crippen LogP contribution < -0.4 is 0 Å². The molecule has 1 N–H and O–H groups in total. The normalized spacial score (nSPS) is 9.33. The van der Waals surface area contributed by atoms with Gasteiger partial charge in [0.1, 0.15) is 4.62 Å². The predicted octanol–water partition coefficient (Wildman–Crippen LogP) is 3.21. The summed E-state index contributed by atoms with van der Waals surface area (Å²) in [4.78, 5) is 3.54. The molecule has 0 atom stereocenters. The van der Waals surface area contributed by atoms with E-state index < -0.39 is 0 Å². The van der Waals surface area contributed by atoms with Gasteiger partial charge in [0, 0.05) is 7.05 Å². The largest absolute Gasteiger partial charge is 0.294 e. The Balaban J connectivity index is 0. The quantitative estimate of drug-likeness (QED) is 0.577. The third-order valence-electron chi connectivity index (χ3n) is 0.980. The van der Waals surface area contributed by atoms with E-state index in [0.29, 0.717) is 4.62 Å². The second kappa shape index (κ2) is 13.3. The third-order valence-corrected chi connectivity index (χ3v) is 1.18. The number of rotatable bonds is 4. The Morgan fingerprint density at radius 3 is 2.25 bits per heavy atom. The van der Waals surface area contributed by atoms with Crippen LogP contribution in [0.15, 0.2) is 4.99 Å². The van der Waals surface area contributed by atoms with E-state index in [9.17, 15) is 4.39 Å². The zero-order chi connectivity index (χ0) is 9.82. The first-order chi connectivity index (χ1) is 5.68. The van der Waals surface area contributed by atoms with Gasteiger partial charge < -0.3 is 0 Å². The number of hydrogen-bond donors (Lipinski definition) is 1. The van der Waals surface area contributed by atoms with Crippen molar-refractivity contribution in [2.75, 3.05) is 13.7 Å². The van der Waals surface area contributed by atoms with Crippen LogP contribution in [0.25, 0.3) is 0 Å². The minimum Gasteiger partial charge on any atom is -0.294 e. The molecule has 0 aromatic carbocycles. The molecule has 12 heavy (non-hydrogen) atoms. The summed E-state index contributed by atoms with van der Waals surface area (Å²) in [6, 6.07) is 0. The number of nitrogens with one attached hydrogen (secondary N) is 1. The molecule has 0 amide bonds. The monoisotopic (exact) mass is 238 g/mol. The van der Waals surface area contributed by atoms with E-state index >= 15 is 0 Å². The standard InChI is InChI=1S/C5H11F.C3H5BrN2/c1-2-3-4-5-6;1-6-2-3(4)5/h2-5H2,1H3;2,5H,1H3. The van der Waals surface area contributed by atoms with Crippen molar-refractivity contribution in [2.24, 2.45) is 4.99 Å². The van der Waals surface area contributed by atoms with Crippen LogP contribution in [-0.4, -0.2) is 24.6 Å². The van der Waals surface area contributed by atoms with Crippen molar-refractivity contribution in [3.63, 3.8) is 0 Å². The van der Waals surface area contributed by atoms with Gasteiger partial charge in [0.15, 0.2) is 0 Å². The molecule has 0 saturated heterocycles. The van der Waals surface area contributed by atoms with E-state index in [2.05, 4.69) is 27.8 Å². The van der Waals surface area contributed by atoms with Crippen molar-refractivity contribution in [1.29, 1.82) is 5.41 Å². The molecule has 0 unspecified atom stereocenters. The first-order valence-corrected chi connectivity index (χ1v) is 4.70. The lowest BCUT2D eigenvalue weighted by Crippen LogP contribution is -1.79. The minimum atomic E-state index is -0.145. The van der Waals surface area contributed by atoms with Crippen molar-refractivity contribution in [2.45, 2.75) is 26.2 Å². The van der Waals surface area contributed by atoms with E-state index in [-0.39, 0.29) is 6.67 Å². The van der Waals surface area contributed by atoms with E-state index in [0.717, 1.165) is 19.3 Å². The Morgan fingerprint density at radius 2 is 2.17 bits per heavy atom. The first kappa shape index (κ1) is 14.3. The molecule has 0 aliphatic heterocycles. The summed E-state index contributed by atoms with van der Waals surface area (Å²) in [7, 11) is 1.62. The van der Waals surface area contributed by atoms with Gasteiger partial charge in [-0.3, -0.25) is 14.8 Å². The van der Waals surface area contributed by atoms with E-state index in [1.807, 2.05) is 0 Å². The highest BCUT2D eigenvalue weighted by atomic mass is 79.9. The van der Waals surface area contributed by atoms with E-state index in [1.165, 1.54) is 6.21 Å². The molecule has 72 valence electrons. The van der Waals surface area contributed by atoms with Gasteiger partial charge >= 0.3 is 0 Å². The SMILES string of the molecule is CCCCCF.CN=CC(=N)Br. The van der Waals surface area contributed by atoms with Crippen molar-refractivity contribution in [3.8, 4) is 0 Å². The van der Waals surface area contributed by atoms with Crippen molar-refractivity contribution < 1.29 is 4.39 Å². The van der Waals surface area contributed by atoms with Crippen LogP contribution in [0.3, 0.4) is 0 Å². The molecule has 0 heterocycles. The minimum absolute atomic E-state index is 0.145. The average Bonchev–Trinajstić information content (AvgIpc) is 2.02. The lowest BCUT2D eigenvalue weighted by Gasteiger charge is -1.84. The molecule has 0 spiro atoms. The fraction of sp³-hybridized carbons (Fsp3) is 0.750. The molecule has 2 nitrogen and oxygen atoms in total. The Labute approximate surface area is 81.9 Å². The van der Waals surface area contributed by atoms with Crippen LogP contribution in [0.5, 0.6) is 0 Å². The maximum Gasteiger partial charge on any atom is 0.115 e. The number of hydrogen-bond acceptors (Lipinski definition) is 2. The highest BCUT2D eigenvalue weighted by Crippen LogP contribution is 1.91. The van der Waals surface area contributed by atoms with Crippen LogP contribution in [0, 0.1) is 5.41 Å². The summed E-state index contributed by atoms with van der Waals surface area (Å²) < 4.78 is 11.5. The number of alkyl halides is 1. The second-order valence-electron chi connectivity index (χ2n) is 2.13. The zero-order valence-corrected chi connectivity index (χ0v) is 9.19. The lowest BCUT2D eigenvalue weighted by atomic mass is 10.3. The molecule has 0 aromatic rings. The summed E-state index contributed by atoms with van der Waals surface area (Å²) in [5.41, 5.74) is 0. The summed E-state index contributed by atoms with van der Waals surface area (Å²) in [6.07, 6.45) is 4.32. The molecule has 0 fully saturated rings. The Kier molecular flexibility index (Phi) is 15.9. The maximum atomic E-state index is 11.2. The molecule has 0 radical (unpaired) electrons. The van der Waals surface area contributed by atoms with Gasteiger partial charge in [0.05, 0.1) is 12.9 Å². The van der Waals surface area contributed by atoms with E-state index in [1.54, 1.807) is 7.05 Å². The number of halogens is 2. The fourth-order valence-electron chi connectivity index (χ4n) is 0.458.